The molecule has 2 amide bonds. The number of hydrogen-bond acceptors (Lipinski definition) is 5. The zero-order chi connectivity index (χ0) is 26.0. The first-order valence-corrected chi connectivity index (χ1v) is 14.3. The standard InChI is InChI=1S/C31H27IN2O4/c1-2-37-25-15-18(14-24(32)28(25)38-17-20-8-5-7-19-6-3-4-9-21(19)20)16-33-34-29(35)26-22-10-11-23(27(26)30(34)36)31(22)12-13-31/h3-11,14-16,22-23,26-27H,2,12-13,17H2,1H3/b33-16-/t22-,23-,26-,27+/m1/s1. The zero-order valence-electron chi connectivity index (χ0n) is 21.0. The van der Waals surface area contributed by atoms with Crippen molar-refractivity contribution in [2.24, 2.45) is 34.2 Å². The fourth-order valence-corrected chi connectivity index (χ4v) is 7.72. The Balaban J connectivity index is 1.12. The monoisotopic (exact) mass is 618 g/mol. The van der Waals surface area contributed by atoms with Crippen LogP contribution in [-0.4, -0.2) is 29.6 Å². The first-order valence-electron chi connectivity index (χ1n) is 13.2. The largest absolute Gasteiger partial charge is 0.490 e. The third-order valence-electron chi connectivity index (χ3n) is 8.74. The predicted octanol–water partition coefficient (Wildman–Crippen LogP) is 5.95. The van der Waals surface area contributed by atoms with Crippen LogP contribution in [0.1, 0.15) is 30.9 Å². The Morgan fingerprint density at radius 2 is 1.71 bits per heavy atom. The third kappa shape index (κ3) is 3.54. The number of rotatable bonds is 7. The molecule has 3 aliphatic carbocycles. The highest BCUT2D eigenvalue weighted by Gasteiger charge is 2.73. The molecule has 6 nitrogen and oxygen atoms in total. The van der Waals surface area contributed by atoms with Crippen molar-refractivity contribution in [1.82, 2.24) is 5.01 Å². The summed E-state index contributed by atoms with van der Waals surface area (Å²) < 4.78 is 13.1. The molecule has 0 aromatic heterocycles. The number of ether oxygens (including phenoxy) is 2. The van der Waals surface area contributed by atoms with E-state index in [2.05, 4.69) is 64.1 Å². The number of fused-ring (bicyclic) bond motifs is 4. The second-order valence-electron chi connectivity index (χ2n) is 10.6. The Morgan fingerprint density at radius 3 is 2.42 bits per heavy atom. The summed E-state index contributed by atoms with van der Waals surface area (Å²) in [6.45, 7) is 2.81. The number of halogens is 1. The molecule has 4 aliphatic rings. The SMILES string of the molecule is CCOc1cc(/C=N\N2C(=O)[C@@H]3[C@H](C2=O)[C@H]2C=C[C@H]3C23CC3)cc(I)c1OCc1cccc2ccccc12. The van der Waals surface area contributed by atoms with Crippen LogP contribution in [0.25, 0.3) is 10.8 Å². The lowest BCUT2D eigenvalue weighted by Gasteiger charge is -2.18. The number of amides is 2. The summed E-state index contributed by atoms with van der Waals surface area (Å²) >= 11 is 2.23. The minimum absolute atomic E-state index is 0.158. The van der Waals surface area contributed by atoms with Crippen LogP contribution in [0.5, 0.6) is 11.5 Å². The van der Waals surface area contributed by atoms with Gasteiger partial charge in [-0.25, -0.2) is 0 Å². The summed E-state index contributed by atoms with van der Waals surface area (Å²) in [4.78, 5) is 26.5. The number of benzene rings is 3. The van der Waals surface area contributed by atoms with Gasteiger partial charge in [-0.05, 0) is 93.6 Å². The van der Waals surface area contributed by atoms with Gasteiger partial charge in [0.25, 0.3) is 11.8 Å². The molecule has 1 spiro atoms. The number of hydrogen-bond donors (Lipinski definition) is 0. The average molecular weight is 618 g/mol. The lowest BCUT2D eigenvalue weighted by atomic mass is 9.85. The Kier molecular flexibility index (Phi) is 5.61. The summed E-state index contributed by atoms with van der Waals surface area (Å²) in [5.41, 5.74) is 2.02. The molecule has 0 unspecified atom stereocenters. The van der Waals surface area contributed by atoms with Crippen molar-refractivity contribution in [2.75, 3.05) is 6.61 Å². The van der Waals surface area contributed by atoms with E-state index >= 15 is 0 Å². The second-order valence-corrected chi connectivity index (χ2v) is 11.8. The van der Waals surface area contributed by atoms with Crippen LogP contribution in [0, 0.1) is 32.7 Å². The van der Waals surface area contributed by atoms with Gasteiger partial charge in [0.2, 0.25) is 0 Å². The second kappa shape index (κ2) is 8.93. The molecule has 4 atom stereocenters. The van der Waals surface area contributed by atoms with Gasteiger partial charge < -0.3 is 9.47 Å². The van der Waals surface area contributed by atoms with Crippen molar-refractivity contribution in [3.05, 3.63) is 81.4 Å². The van der Waals surface area contributed by atoms with E-state index in [-0.39, 0.29) is 40.9 Å². The molecule has 0 N–H and O–H groups in total. The van der Waals surface area contributed by atoms with Gasteiger partial charge in [-0.2, -0.15) is 10.1 Å². The summed E-state index contributed by atoms with van der Waals surface area (Å²) in [6.07, 6.45) is 8.17. The minimum Gasteiger partial charge on any atom is -0.490 e. The fourth-order valence-electron chi connectivity index (χ4n) is 6.93. The topological polar surface area (TPSA) is 68.2 Å². The van der Waals surface area contributed by atoms with Crippen molar-refractivity contribution in [3.63, 3.8) is 0 Å². The van der Waals surface area contributed by atoms with E-state index in [0.29, 0.717) is 24.7 Å². The fraction of sp³-hybridized carbons (Fsp3) is 0.323. The Labute approximate surface area is 234 Å². The maximum absolute atomic E-state index is 13.2. The number of allylic oxidation sites excluding steroid dienone is 2. The van der Waals surface area contributed by atoms with E-state index in [1.54, 1.807) is 6.21 Å². The van der Waals surface area contributed by atoms with Gasteiger partial charge in [0, 0.05) is 0 Å². The molecule has 1 aliphatic heterocycles. The van der Waals surface area contributed by atoms with Crippen molar-refractivity contribution in [1.29, 1.82) is 0 Å². The first-order chi connectivity index (χ1) is 18.5. The molecule has 3 aromatic rings. The number of carbonyl (C=O) groups excluding carboxylic acids is 2. The smallest absolute Gasteiger partial charge is 0.254 e. The number of carbonyl (C=O) groups is 2. The Bertz CT molecular complexity index is 1500. The first kappa shape index (κ1) is 23.9. The molecule has 0 radical (unpaired) electrons. The Morgan fingerprint density at radius 1 is 1.00 bits per heavy atom. The number of imide groups is 1. The van der Waals surface area contributed by atoms with E-state index in [0.717, 1.165) is 37.9 Å². The quantitative estimate of drug-likeness (QED) is 0.142. The van der Waals surface area contributed by atoms with Crippen LogP contribution in [0.4, 0.5) is 0 Å². The molecule has 38 heavy (non-hydrogen) atoms. The summed E-state index contributed by atoms with van der Waals surface area (Å²) in [6, 6.07) is 18.2. The average Bonchev–Trinajstić information content (AvgIpc) is 3.52. The predicted molar refractivity (Wildman–Crippen MR) is 153 cm³/mol. The molecule has 192 valence electrons. The van der Waals surface area contributed by atoms with Gasteiger partial charge in [0.1, 0.15) is 6.61 Å². The van der Waals surface area contributed by atoms with E-state index in [9.17, 15) is 9.59 Å². The zero-order valence-corrected chi connectivity index (χ0v) is 23.1. The van der Waals surface area contributed by atoms with E-state index in [1.807, 2.05) is 37.3 Å². The van der Waals surface area contributed by atoms with E-state index < -0.39 is 0 Å². The lowest BCUT2D eigenvalue weighted by molar-refractivity contribution is -0.141. The molecule has 7 rings (SSSR count). The molecular weight excluding hydrogens is 591 g/mol. The molecule has 2 bridgehead atoms. The van der Waals surface area contributed by atoms with Crippen LogP contribution in [-0.2, 0) is 16.2 Å². The van der Waals surface area contributed by atoms with E-state index in [1.165, 1.54) is 5.39 Å². The van der Waals surface area contributed by atoms with Crippen LogP contribution in [0.15, 0.2) is 71.9 Å². The maximum Gasteiger partial charge on any atom is 0.254 e. The number of hydrazone groups is 1. The van der Waals surface area contributed by atoms with Crippen molar-refractivity contribution in [2.45, 2.75) is 26.4 Å². The van der Waals surface area contributed by atoms with Crippen molar-refractivity contribution < 1.29 is 19.1 Å². The summed E-state index contributed by atoms with van der Waals surface area (Å²) in [7, 11) is 0. The summed E-state index contributed by atoms with van der Waals surface area (Å²) in [5, 5.41) is 7.82. The van der Waals surface area contributed by atoms with Gasteiger partial charge in [0.05, 0.1) is 28.2 Å². The van der Waals surface area contributed by atoms with Crippen LogP contribution in [0.2, 0.25) is 0 Å². The molecular formula is C31H27IN2O4. The molecule has 1 saturated heterocycles. The van der Waals surface area contributed by atoms with E-state index in [4.69, 9.17) is 9.47 Å². The van der Waals surface area contributed by atoms with Gasteiger partial charge in [-0.1, -0.05) is 54.6 Å². The highest BCUT2D eigenvalue weighted by Crippen LogP contribution is 2.73. The molecule has 2 saturated carbocycles. The maximum atomic E-state index is 13.2. The highest BCUT2D eigenvalue weighted by atomic mass is 127. The lowest BCUT2D eigenvalue weighted by Crippen LogP contribution is -2.30. The van der Waals surface area contributed by atoms with Gasteiger partial charge in [-0.15, -0.1) is 0 Å². The normalized spacial score (nSPS) is 26.2. The molecule has 3 aromatic carbocycles. The number of nitrogens with zero attached hydrogens (tertiary/aromatic N) is 2. The molecule has 3 fully saturated rings. The van der Waals surface area contributed by atoms with Gasteiger partial charge in [-0.3, -0.25) is 9.59 Å². The molecule has 7 heteroatoms. The molecule has 1 heterocycles. The van der Waals surface area contributed by atoms with Crippen molar-refractivity contribution in [3.8, 4) is 11.5 Å². The van der Waals surface area contributed by atoms with Crippen LogP contribution >= 0.6 is 22.6 Å². The van der Waals surface area contributed by atoms with Crippen LogP contribution in [0.3, 0.4) is 0 Å². The van der Waals surface area contributed by atoms with Gasteiger partial charge in [0.15, 0.2) is 11.5 Å². The third-order valence-corrected chi connectivity index (χ3v) is 9.54. The highest BCUT2D eigenvalue weighted by molar-refractivity contribution is 14.1. The van der Waals surface area contributed by atoms with Gasteiger partial charge >= 0.3 is 0 Å². The Hall–Kier alpha value is -3.20. The minimum atomic E-state index is -0.249. The van der Waals surface area contributed by atoms with Crippen molar-refractivity contribution >= 4 is 51.4 Å². The summed E-state index contributed by atoms with van der Waals surface area (Å²) in [5.74, 6) is 0.842. The van der Waals surface area contributed by atoms with Crippen LogP contribution < -0.4 is 9.47 Å².